The molecule has 1 aliphatic heterocycles. The van der Waals surface area contributed by atoms with Crippen LogP contribution in [-0.4, -0.2) is 106 Å². The number of rotatable bonds is 18. The van der Waals surface area contributed by atoms with Gasteiger partial charge in [0.05, 0.1) is 35.9 Å². The highest BCUT2D eigenvalue weighted by Crippen LogP contribution is 2.53. The summed E-state index contributed by atoms with van der Waals surface area (Å²) in [5.74, 6) is 0.247. The van der Waals surface area contributed by atoms with E-state index in [0.29, 0.717) is 17.0 Å². The molecule has 2 aliphatic carbocycles. The summed E-state index contributed by atoms with van der Waals surface area (Å²) in [7, 11) is -3.81. The lowest BCUT2D eigenvalue weighted by Crippen LogP contribution is -2.49. The van der Waals surface area contributed by atoms with Crippen LogP contribution in [0.5, 0.6) is 5.75 Å². The minimum absolute atomic E-state index is 0.0142. The van der Waals surface area contributed by atoms with Crippen molar-refractivity contribution in [1.29, 1.82) is 0 Å². The number of aliphatic hydroxyl groups excluding tert-OH is 5. The van der Waals surface area contributed by atoms with Gasteiger partial charge in [0.1, 0.15) is 24.1 Å². The second-order valence-electron chi connectivity index (χ2n) is 13.6. The number of pyridine rings is 1. The van der Waals surface area contributed by atoms with E-state index in [1.807, 2.05) is 36.5 Å². The summed E-state index contributed by atoms with van der Waals surface area (Å²) >= 11 is 6.55. The van der Waals surface area contributed by atoms with Crippen molar-refractivity contribution < 1.29 is 48.2 Å². The summed E-state index contributed by atoms with van der Waals surface area (Å²) in [6.07, 6.45) is 3.96. The third-order valence-corrected chi connectivity index (χ3v) is 11.8. The van der Waals surface area contributed by atoms with E-state index in [1.54, 1.807) is 24.4 Å². The number of nitrogens with zero attached hydrogens (tertiary/aromatic N) is 2. The number of ether oxygens (including phenoxy) is 2. The van der Waals surface area contributed by atoms with Gasteiger partial charge < -0.3 is 40.3 Å². The van der Waals surface area contributed by atoms with Crippen LogP contribution in [0.15, 0.2) is 78.0 Å². The predicted octanol–water partition coefficient (Wildman–Crippen LogP) is 2.27. The molecule has 3 aliphatic rings. The number of carbonyl (C=O) groups excluding carboxylic acids is 1. The fraction of sp³-hybridized carbons (Fsp3) is 0.459. The van der Waals surface area contributed by atoms with Gasteiger partial charge in [-0.05, 0) is 85.6 Å². The molecule has 6 rings (SSSR count). The highest BCUT2D eigenvalue weighted by atomic mass is 35.5. The van der Waals surface area contributed by atoms with Crippen molar-refractivity contribution in [2.24, 2.45) is 5.92 Å². The number of para-hydroxylation sites is 1. The maximum atomic E-state index is 13.5. The Kier molecular flexibility index (Phi) is 12.0. The number of hydrogen-bond donors (Lipinski definition) is 6. The zero-order valence-corrected chi connectivity index (χ0v) is 30.0. The van der Waals surface area contributed by atoms with E-state index in [1.165, 1.54) is 16.4 Å². The Morgan fingerprint density at radius 2 is 1.77 bits per heavy atom. The quantitative estimate of drug-likeness (QED) is 0.104. The summed E-state index contributed by atoms with van der Waals surface area (Å²) in [6.45, 7) is -0.584. The van der Waals surface area contributed by atoms with Crippen molar-refractivity contribution in [3.8, 4) is 16.9 Å². The molecule has 3 fully saturated rings. The van der Waals surface area contributed by atoms with Gasteiger partial charge in [-0.3, -0.25) is 9.78 Å². The first-order chi connectivity index (χ1) is 24.9. The van der Waals surface area contributed by atoms with Crippen molar-refractivity contribution in [2.45, 2.75) is 79.7 Å². The van der Waals surface area contributed by atoms with Crippen LogP contribution < -0.4 is 10.1 Å². The van der Waals surface area contributed by atoms with Crippen LogP contribution in [0.2, 0.25) is 5.02 Å². The number of amides is 1. The molecule has 4 atom stereocenters. The number of benzene rings is 2. The Morgan fingerprint density at radius 1 is 1.04 bits per heavy atom. The number of aromatic nitrogens is 1. The molecule has 2 saturated carbocycles. The number of sulfonamides is 1. The van der Waals surface area contributed by atoms with Crippen molar-refractivity contribution in [2.75, 3.05) is 26.2 Å². The van der Waals surface area contributed by atoms with E-state index >= 15 is 0 Å². The van der Waals surface area contributed by atoms with Crippen LogP contribution in [0.25, 0.3) is 11.1 Å². The van der Waals surface area contributed by atoms with E-state index in [4.69, 9.17) is 26.2 Å². The molecule has 2 aromatic carbocycles. The number of nitrogens with one attached hydrogen (secondary N) is 1. The molecule has 1 aromatic heterocycles. The molecule has 13 nitrogen and oxygen atoms in total. The van der Waals surface area contributed by atoms with Crippen LogP contribution in [-0.2, 0) is 31.8 Å². The number of aliphatic hydroxyl groups is 5. The lowest BCUT2D eigenvalue weighted by molar-refractivity contribution is -0.122. The molecular weight excluding hydrogens is 714 g/mol. The Labute approximate surface area is 307 Å². The minimum atomic E-state index is -3.81. The molecule has 3 aromatic rings. The fourth-order valence-electron chi connectivity index (χ4n) is 6.13. The average Bonchev–Trinajstić information content (AvgIpc) is 4.08. The van der Waals surface area contributed by atoms with Gasteiger partial charge in [0.15, 0.2) is 0 Å². The second-order valence-corrected chi connectivity index (χ2v) is 16.0. The van der Waals surface area contributed by atoms with Gasteiger partial charge in [-0.15, -0.1) is 0 Å². The molecule has 52 heavy (non-hydrogen) atoms. The summed E-state index contributed by atoms with van der Waals surface area (Å²) in [5.41, 5.74) is 2.88. The zero-order chi connectivity index (χ0) is 37.0. The molecule has 0 unspecified atom stereocenters. The van der Waals surface area contributed by atoms with Crippen molar-refractivity contribution >= 4 is 27.5 Å². The Morgan fingerprint density at radius 3 is 2.48 bits per heavy atom. The SMILES string of the molecule is O=C(/C=C/CC1CN(S(=O)(=O)c2ccc(Cl)c(COC3(c4cnccc4-c4ccccc4OC4CC4)CC3)c2)C1)NC[C@H](O)[C@@H](O)[C@H](O)[C@H](O)CO. The van der Waals surface area contributed by atoms with Crippen LogP contribution in [0.3, 0.4) is 0 Å². The highest BCUT2D eigenvalue weighted by Gasteiger charge is 2.48. The first kappa shape index (κ1) is 38.3. The molecule has 0 spiro atoms. The van der Waals surface area contributed by atoms with Gasteiger partial charge in [0.25, 0.3) is 0 Å². The highest BCUT2D eigenvalue weighted by molar-refractivity contribution is 7.89. The van der Waals surface area contributed by atoms with Crippen LogP contribution in [0, 0.1) is 5.92 Å². The summed E-state index contributed by atoms with van der Waals surface area (Å²) < 4.78 is 41.1. The monoisotopic (exact) mass is 757 g/mol. The van der Waals surface area contributed by atoms with Gasteiger partial charge in [0.2, 0.25) is 15.9 Å². The molecule has 1 saturated heterocycles. The number of hydrogen-bond acceptors (Lipinski definition) is 11. The fourth-order valence-corrected chi connectivity index (χ4v) is 7.94. The van der Waals surface area contributed by atoms with Gasteiger partial charge in [-0.2, -0.15) is 4.31 Å². The zero-order valence-electron chi connectivity index (χ0n) is 28.4. The summed E-state index contributed by atoms with van der Waals surface area (Å²) in [6, 6.07) is 14.5. The average molecular weight is 758 g/mol. The topological polar surface area (TPSA) is 199 Å². The van der Waals surface area contributed by atoms with Gasteiger partial charge in [-0.25, -0.2) is 8.42 Å². The minimum Gasteiger partial charge on any atom is -0.490 e. The predicted molar refractivity (Wildman–Crippen MR) is 191 cm³/mol. The van der Waals surface area contributed by atoms with Gasteiger partial charge in [0, 0.05) is 48.2 Å². The molecule has 6 N–H and O–H groups in total. The van der Waals surface area contributed by atoms with E-state index in [2.05, 4.69) is 10.3 Å². The maximum Gasteiger partial charge on any atom is 0.243 e. The lowest BCUT2D eigenvalue weighted by Gasteiger charge is -2.37. The molecule has 0 radical (unpaired) electrons. The van der Waals surface area contributed by atoms with Crippen LogP contribution >= 0.6 is 11.6 Å². The third kappa shape index (κ3) is 8.84. The first-order valence-electron chi connectivity index (χ1n) is 17.3. The van der Waals surface area contributed by atoms with E-state index in [0.717, 1.165) is 48.1 Å². The third-order valence-electron chi connectivity index (χ3n) is 9.64. The molecule has 15 heteroatoms. The maximum absolute atomic E-state index is 13.5. The molecule has 280 valence electrons. The van der Waals surface area contributed by atoms with Crippen LogP contribution in [0.1, 0.15) is 43.2 Å². The number of halogens is 1. The van der Waals surface area contributed by atoms with Crippen molar-refractivity contribution in [3.05, 3.63) is 89.2 Å². The van der Waals surface area contributed by atoms with Gasteiger partial charge in [-0.1, -0.05) is 35.9 Å². The van der Waals surface area contributed by atoms with Crippen LogP contribution in [0.4, 0.5) is 0 Å². The van der Waals surface area contributed by atoms with Crippen molar-refractivity contribution in [1.82, 2.24) is 14.6 Å². The standard InChI is InChI=1S/C37H44ClN3O10S/c38-30-11-10-26(52(48,49)41-19-23(20-41)4-3-7-34(45)40-18-31(43)35(46)36(47)32(44)21-42)16-24(30)22-50-37(13-14-37)29-17-39-15-12-27(29)28-5-1-2-6-33(28)51-25-8-9-25/h1-3,5-7,10-12,15-17,23,25,31-32,35-36,42-44,46-47H,4,8-9,13-14,18-22H2,(H,40,45)/b7-3+/t31-,32+,35+,36+/m0/s1. The Bertz CT molecular complexity index is 1860. The number of allylic oxidation sites excluding steroid dienone is 1. The van der Waals surface area contributed by atoms with Gasteiger partial charge >= 0.3 is 0 Å². The molecule has 2 heterocycles. The Hall–Kier alpha value is -3.44. The second kappa shape index (κ2) is 16.3. The largest absolute Gasteiger partial charge is 0.490 e. The Balaban J connectivity index is 1.02. The molecule has 0 bridgehead atoms. The normalized spacial score (nSPS) is 19.8. The summed E-state index contributed by atoms with van der Waals surface area (Å²) in [4.78, 5) is 16.7. The summed E-state index contributed by atoms with van der Waals surface area (Å²) in [5, 5.41) is 50.5. The smallest absolute Gasteiger partial charge is 0.243 e. The molecular formula is C37H44ClN3O10S. The molecule has 1 amide bonds. The van der Waals surface area contributed by atoms with E-state index in [-0.39, 0.29) is 36.6 Å². The van der Waals surface area contributed by atoms with Crippen molar-refractivity contribution in [3.63, 3.8) is 0 Å². The number of carbonyl (C=O) groups is 1. The first-order valence-corrected chi connectivity index (χ1v) is 19.1. The van der Waals surface area contributed by atoms with E-state index < -0.39 is 59.1 Å². The van der Waals surface area contributed by atoms with E-state index in [9.17, 15) is 33.6 Å². The lowest BCUT2D eigenvalue weighted by atomic mass is 9.96.